The summed E-state index contributed by atoms with van der Waals surface area (Å²) < 4.78 is 103. The van der Waals surface area contributed by atoms with E-state index < -0.39 is 222 Å². The summed E-state index contributed by atoms with van der Waals surface area (Å²) in [6, 6.07) is -0.238. The van der Waals surface area contributed by atoms with Crippen LogP contribution < -0.4 is 5.32 Å². The molecule has 0 saturated carbocycles. The number of rotatable bonds is 18. The van der Waals surface area contributed by atoms with Crippen molar-refractivity contribution in [1.29, 1.82) is 0 Å². The summed E-state index contributed by atoms with van der Waals surface area (Å²) in [4.78, 5) is 67.1. The standard InChI is InChI=1S/C39H69N3O14.C38H66N2O15/c1-14-26-38(8,47)32(44)21(3)29(41-51-19-27(43)40-9)20(2)17-39(49-13)34(55-36-31(56-39)25(42(10)11)15-16-50-36)22(4)30(23(5)35(46)53-26)54-28-18-37(7,48-12)33(45)24(6)52-28;1-13-25-37(8,46)31(43)20(3)28(39-50-18-26(41)42)19(2)16-38(48-12)33(54-35-30(55-38)24(40(9)10)14-15-49-35)21(4)29(22(5)34(45)52-25)53-27-17-36(7,47-11)32(44)23(6)51-27/h20-26,28,30-34,36,44-45,47H,14-19H2,1-13H3,(H,40,43);19-25,27,29-33,35,43-44,46H,13-18H2,1-12H3,(H,41,42)/b41-29+;39-28+/t20?,21-,22?,23+,24?,25?,26?,28?,30?,31?,32+,33?,34?,36?,37?,38+,39-;19?,20-,21?,22+,23?,24?,25?,27?,29?,30?,31+,32?,33?,35?,36?,37+,38-/m00/s1. The molecule has 0 bridgehead atoms. The van der Waals surface area contributed by atoms with Gasteiger partial charge >= 0.3 is 17.9 Å². The number of hydrogen-bond acceptors (Lipinski definition) is 32. The number of carbonyl (C=O) groups excluding carboxylic acids is 3. The van der Waals surface area contributed by atoms with Gasteiger partial charge < -0.3 is 136 Å². The molecule has 8 saturated heterocycles. The number of oxime groups is 2. The van der Waals surface area contributed by atoms with Gasteiger partial charge in [-0.05, 0) is 109 Å². The average Bonchev–Trinajstić information content (AvgIpc) is 0.740. The molecule has 111 heavy (non-hydrogen) atoms. The summed E-state index contributed by atoms with van der Waals surface area (Å²) in [6.07, 6.45) is -15.3. The Morgan fingerprint density at radius 3 is 1.21 bits per heavy atom. The van der Waals surface area contributed by atoms with Crippen molar-refractivity contribution in [3.63, 3.8) is 0 Å². The number of nitrogens with one attached hydrogen (secondary N) is 1. The zero-order valence-electron chi connectivity index (χ0n) is 70.1. The highest BCUT2D eigenvalue weighted by molar-refractivity contribution is 5.89. The van der Waals surface area contributed by atoms with Crippen LogP contribution in [0.25, 0.3) is 0 Å². The van der Waals surface area contributed by atoms with E-state index in [4.69, 9.17) is 85.5 Å². The van der Waals surface area contributed by atoms with Crippen LogP contribution in [0, 0.1) is 47.3 Å². The molecule has 0 aliphatic carbocycles. The Morgan fingerprint density at radius 1 is 0.532 bits per heavy atom. The fourth-order valence-electron chi connectivity index (χ4n) is 17.8. The summed E-state index contributed by atoms with van der Waals surface area (Å²) in [7, 11) is 15.3. The monoisotopic (exact) mass is 1590 g/mol. The van der Waals surface area contributed by atoms with Gasteiger partial charge in [0.05, 0.1) is 84.3 Å². The summed E-state index contributed by atoms with van der Waals surface area (Å²) in [5.74, 6) is -12.6. The number of methoxy groups -OCH3 is 4. The predicted molar refractivity (Wildman–Crippen MR) is 398 cm³/mol. The highest BCUT2D eigenvalue weighted by Crippen LogP contribution is 2.50. The molecule has 8 fully saturated rings. The first-order chi connectivity index (χ1) is 51.9. The van der Waals surface area contributed by atoms with E-state index in [1.807, 2.05) is 60.8 Å². The van der Waals surface area contributed by atoms with Gasteiger partial charge in [0.15, 0.2) is 43.3 Å². The third kappa shape index (κ3) is 20.6. The number of fused-ring (bicyclic) bond motifs is 4. The lowest BCUT2D eigenvalue weighted by Crippen LogP contribution is -2.69. The number of carboxylic acids is 1. The largest absolute Gasteiger partial charge is 0.479 e. The van der Waals surface area contributed by atoms with E-state index in [2.05, 4.69) is 20.5 Å². The minimum atomic E-state index is -2.00. The molecule has 0 spiro atoms. The Labute approximate surface area is 654 Å². The molecule has 34 nitrogen and oxygen atoms in total. The molecule has 8 N–H and O–H groups in total. The molecule has 0 aromatic carbocycles. The number of carbonyl (C=O) groups is 4. The molecule has 8 rings (SSSR count). The van der Waals surface area contributed by atoms with E-state index in [1.165, 1.54) is 49.3 Å². The fraction of sp³-hybridized carbons (Fsp3) is 0.922. The number of likely N-dealkylation sites (N-methyl/N-ethyl adjacent to an activating group) is 3. The molecular weight excluding hydrogens is 1460 g/mol. The van der Waals surface area contributed by atoms with E-state index in [0.717, 1.165) is 0 Å². The number of aliphatic carboxylic acids is 1. The normalized spacial score (nSPS) is 46.6. The van der Waals surface area contributed by atoms with E-state index in [1.54, 1.807) is 69.2 Å². The van der Waals surface area contributed by atoms with Crippen LogP contribution in [0.5, 0.6) is 0 Å². The first-order valence-electron chi connectivity index (χ1n) is 39.3. The Morgan fingerprint density at radius 2 is 0.892 bits per heavy atom. The minimum Gasteiger partial charge on any atom is -0.479 e. The maximum Gasteiger partial charge on any atom is 0.344 e. The van der Waals surface area contributed by atoms with E-state index in [-0.39, 0.29) is 62.9 Å². The van der Waals surface area contributed by atoms with Crippen LogP contribution in [0.15, 0.2) is 10.3 Å². The van der Waals surface area contributed by atoms with Crippen molar-refractivity contribution in [1.82, 2.24) is 15.1 Å². The van der Waals surface area contributed by atoms with Gasteiger partial charge in [0.2, 0.25) is 6.61 Å². The van der Waals surface area contributed by atoms with Crippen LogP contribution in [0.3, 0.4) is 0 Å². The SMILES string of the molecule is CCC1OC(=O)[C@H](C)C(OC2CC(C)(OC)C(O)C(C)O2)C(C)C2OC3OCCC(N(C)C)C3O[C@@]2(OC)CC(C)/C(=N\OCC(=O)NC)[C@H](C)[C@@H](O)[C@]1(C)O.CCC1OC(=O)[C@H](C)C(OC2CC(C)(OC)C(O)C(C)O2)C(C)C2OC3OCCC(N(C)C)C3O[C@@]2(OC)CC(C)/C(=N\OCC(=O)O)[C@H](C)[C@@H](O)[C@]1(C)O. The quantitative estimate of drug-likeness (QED) is 0.0719. The second-order valence-electron chi connectivity index (χ2n) is 33.2. The summed E-state index contributed by atoms with van der Waals surface area (Å²) >= 11 is 0. The molecule has 0 aromatic rings. The number of hydrogen-bond donors (Lipinski definition) is 8. The molecule has 642 valence electrons. The topological polar surface area (TPSA) is 419 Å². The number of aliphatic hydroxyl groups is 6. The van der Waals surface area contributed by atoms with Crippen molar-refractivity contribution in [2.45, 2.75) is 319 Å². The number of cyclic esters (lactones) is 2. The first-order valence-corrected chi connectivity index (χ1v) is 39.3. The third-order valence-electron chi connectivity index (χ3n) is 24.9. The van der Waals surface area contributed by atoms with Crippen LogP contribution in [-0.4, -0.2) is 328 Å². The smallest absolute Gasteiger partial charge is 0.344 e. The van der Waals surface area contributed by atoms with E-state index in [0.29, 0.717) is 31.8 Å². The number of esters is 2. The summed E-state index contributed by atoms with van der Waals surface area (Å²) in [6.45, 7) is 27.0. The van der Waals surface area contributed by atoms with E-state index in [9.17, 15) is 54.9 Å². The van der Waals surface area contributed by atoms with Crippen molar-refractivity contribution < 1.29 is 140 Å². The zero-order valence-corrected chi connectivity index (χ0v) is 70.1. The Bertz CT molecular complexity index is 3080. The Hall–Kier alpha value is -4.06. The van der Waals surface area contributed by atoms with Crippen LogP contribution in [-0.2, 0) is 105 Å². The van der Waals surface area contributed by atoms with Gasteiger partial charge in [-0.3, -0.25) is 14.4 Å². The number of amides is 1. The van der Waals surface area contributed by atoms with Gasteiger partial charge in [0.25, 0.3) is 5.91 Å². The highest BCUT2D eigenvalue weighted by atomic mass is 16.8. The number of carboxylic acid groups (broad SMARTS) is 1. The summed E-state index contributed by atoms with van der Waals surface area (Å²) in [5.41, 5.74) is -5.50. The zero-order chi connectivity index (χ0) is 83.1. The molecule has 8 heterocycles. The number of ether oxygens (including phenoxy) is 16. The lowest BCUT2D eigenvalue weighted by Gasteiger charge is -2.56. The van der Waals surface area contributed by atoms with Crippen molar-refractivity contribution in [3.8, 4) is 0 Å². The molecule has 8 aliphatic heterocycles. The maximum absolute atomic E-state index is 14.3. The molecular formula is C77H135N5O29. The third-order valence-corrected chi connectivity index (χ3v) is 24.9. The molecule has 0 radical (unpaired) electrons. The van der Waals surface area contributed by atoms with Crippen LogP contribution in [0.1, 0.15) is 162 Å². The van der Waals surface area contributed by atoms with Gasteiger partial charge in [-0.1, -0.05) is 65.7 Å². The maximum atomic E-state index is 14.3. The molecule has 34 atom stereocenters. The van der Waals surface area contributed by atoms with Gasteiger partial charge in [0.1, 0.15) is 60.0 Å². The number of aliphatic hydroxyl groups excluding tert-OH is 4. The first kappa shape index (κ1) is 94.1. The number of nitrogens with zero attached hydrogens (tertiary/aromatic N) is 4. The Balaban J connectivity index is 0.000000308. The summed E-state index contributed by atoms with van der Waals surface area (Å²) in [5, 5.41) is 90.0. The molecule has 34 heteroatoms. The van der Waals surface area contributed by atoms with Crippen LogP contribution in [0.4, 0.5) is 0 Å². The van der Waals surface area contributed by atoms with Gasteiger partial charge in [-0.2, -0.15) is 0 Å². The molecule has 24 unspecified atom stereocenters. The van der Waals surface area contributed by atoms with Gasteiger partial charge in [-0.15, -0.1) is 0 Å². The Kier molecular flexibility index (Phi) is 33.1. The second-order valence-corrected chi connectivity index (χ2v) is 33.2. The van der Waals surface area contributed by atoms with Crippen molar-refractivity contribution in [2.75, 3.05) is 90.1 Å². The lowest BCUT2D eigenvalue weighted by molar-refractivity contribution is -0.424. The van der Waals surface area contributed by atoms with Crippen molar-refractivity contribution >= 4 is 35.2 Å². The average molecular weight is 1590 g/mol. The van der Waals surface area contributed by atoms with Gasteiger partial charge in [0, 0.05) is 109 Å². The van der Waals surface area contributed by atoms with E-state index >= 15 is 0 Å². The minimum absolute atomic E-state index is 0.0456. The van der Waals surface area contributed by atoms with Gasteiger partial charge in [-0.25, -0.2) is 4.79 Å². The predicted octanol–water partition coefficient (Wildman–Crippen LogP) is 3.49. The lowest BCUT2D eigenvalue weighted by atomic mass is 9.75. The van der Waals surface area contributed by atoms with Crippen molar-refractivity contribution in [3.05, 3.63) is 0 Å². The fourth-order valence-corrected chi connectivity index (χ4v) is 17.8. The van der Waals surface area contributed by atoms with Crippen LogP contribution >= 0.6 is 0 Å². The van der Waals surface area contributed by atoms with Crippen molar-refractivity contribution in [2.24, 2.45) is 57.7 Å². The highest BCUT2D eigenvalue weighted by Gasteiger charge is 2.63. The molecule has 0 aromatic heterocycles. The second kappa shape index (κ2) is 39.0. The molecule has 1 amide bonds. The molecule has 8 aliphatic rings. The van der Waals surface area contributed by atoms with Crippen LogP contribution in [0.2, 0.25) is 0 Å².